The van der Waals surface area contributed by atoms with Gasteiger partial charge in [0.1, 0.15) is 4.90 Å². The van der Waals surface area contributed by atoms with E-state index in [0.29, 0.717) is 17.8 Å². The number of Topliss-reactive ketones (excluding diaryl/α,β-unsaturated/α-hetero) is 1. The number of carbonyl (C=O) groups excluding carboxylic acids is 1. The molecule has 3 saturated carbocycles. The Labute approximate surface area is 199 Å². The monoisotopic (exact) mass is 478 g/mol. The van der Waals surface area contributed by atoms with Gasteiger partial charge >= 0.3 is 0 Å². The van der Waals surface area contributed by atoms with Crippen molar-refractivity contribution in [3.05, 3.63) is 12.4 Å². The molecule has 0 bridgehead atoms. The first kappa shape index (κ1) is 24.9. The topological polar surface area (TPSA) is 78.3 Å². The molecule has 7 atom stereocenters. The number of aromatic nitrogens is 2. The molecule has 4 rings (SSSR count). The van der Waals surface area contributed by atoms with Gasteiger partial charge in [0.05, 0.1) is 19.3 Å². The highest BCUT2D eigenvalue weighted by atomic mass is 32.2. The maximum Gasteiger partial charge on any atom is 0.178 e. The van der Waals surface area contributed by atoms with Crippen LogP contribution in [-0.4, -0.2) is 44.0 Å². The predicted molar refractivity (Wildman–Crippen MR) is 128 cm³/mol. The third-order valence-corrected chi connectivity index (χ3v) is 11.2. The Kier molecular flexibility index (Phi) is 6.87. The van der Waals surface area contributed by atoms with Gasteiger partial charge in [-0.2, -0.15) is 5.10 Å². The summed E-state index contributed by atoms with van der Waals surface area (Å²) in [6, 6.07) is 0. The minimum atomic E-state index is -3.31. The fraction of sp³-hybridized carbons (Fsp3) is 0.846. The maximum atomic E-state index is 13.4. The van der Waals surface area contributed by atoms with Crippen molar-refractivity contribution in [1.29, 1.82) is 0 Å². The molecule has 1 heterocycles. The summed E-state index contributed by atoms with van der Waals surface area (Å²) in [7, 11) is -1.45. The van der Waals surface area contributed by atoms with Crippen molar-refractivity contribution in [2.24, 2.45) is 40.4 Å². The van der Waals surface area contributed by atoms with Gasteiger partial charge < -0.3 is 4.74 Å². The van der Waals surface area contributed by atoms with Crippen LogP contribution in [0.4, 0.5) is 0 Å². The Morgan fingerprint density at radius 1 is 1.18 bits per heavy atom. The summed E-state index contributed by atoms with van der Waals surface area (Å²) in [5, 5.41) is 4.16. The van der Waals surface area contributed by atoms with Crippen molar-refractivity contribution in [2.75, 3.05) is 20.0 Å². The molecule has 1 aromatic rings. The van der Waals surface area contributed by atoms with Crippen LogP contribution in [0.15, 0.2) is 17.3 Å². The van der Waals surface area contributed by atoms with E-state index >= 15 is 0 Å². The molecule has 0 N–H and O–H groups in total. The van der Waals surface area contributed by atoms with Gasteiger partial charge in [0.2, 0.25) is 0 Å². The van der Waals surface area contributed by atoms with E-state index in [2.05, 4.69) is 25.9 Å². The van der Waals surface area contributed by atoms with Crippen LogP contribution in [0.2, 0.25) is 0 Å². The minimum Gasteiger partial charge on any atom is -0.384 e. The second-order valence-corrected chi connectivity index (χ2v) is 13.4. The number of ether oxygens (including phenoxy) is 1. The van der Waals surface area contributed by atoms with Crippen LogP contribution >= 0.6 is 0 Å². The molecular formula is C26H42N2O4S. The van der Waals surface area contributed by atoms with Crippen LogP contribution in [0.1, 0.15) is 72.1 Å². The van der Waals surface area contributed by atoms with E-state index in [0.717, 1.165) is 31.8 Å². The van der Waals surface area contributed by atoms with Crippen molar-refractivity contribution < 1.29 is 17.9 Å². The van der Waals surface area contributed by atoms with E-state index in [1.165, 1.54) is 55.4 Å². The smallest absolute Gasteiger partial charge is 0.178 e. The fourth-order valence-corrected chi connectivity index (χ4v) is 9.12. The van der Waals surface area contributed by atoms with Gasteiger partial charge in [0.25, 0.3) is 0 Å². The van der Waals surface area contributed by atoms with Crippen LogP contribution in [0.25, 0.3) is 0 Å². The van der Waals surface area contributed by atoms with Gasteiger partial charge in [-0.3, -0.25) is 9.48 Å². The Balaban J connectivity index is 1.54. The van der Waals surface area contributed by atoms with Gasteiger partial charge in [0, 0.05) is 25.5 Å². The second kappa shape index (κ2) is 9.10. The van der Waals surface area contributed by atoms with Crippen molar-refractivity contribution in [3.63, 3.8) is 0 Å². The van der Waals surface area contributed by atoms with E-state index in [9.17, 15) is 13.2 Å². The fourth-order valence-electron chi connectivity index (χ4n) is 8.57. The average molecular weight is 479 g/mol. The molecule has 3 aliphatic carbocycles. The van der Waals surface area contributed by atoms with E-state index in [-0.39, 0.29) is 34.0 Å². The largest absolute Gasteiger partial charge is 0.384 e. The third kappa shape index (κ3) is 4.11. The first-order chi connectivity index (χ1) is 15.6. The summed E-state index contributed by atoms with van der Waals surface area (Å²) >= 11 is 0. The molecule has 3 aliphatic rings. The molecular weight excluding hydrogens is 436 g/mol. The summed E-state index contributed by atoms with van der Waals surface area (Å²) in [6.07, 6.45) is 13.3. The number of methoxy groups -OCH3 is 1. The number of hydrogen-bond donors (Lipinski definition) is 0. The predicted octanol–water partition coefficient (Wildman–Crippen LogP) is 4.78. The molecule has 0 spiro atoms. The van der Waals surface area contributed by atoms with Gasteiger partial charge in [-0.05, 0) is 79.4 Å². The molecule has 0 aliphatic heterocycles. The zero-order chi connectivity index (χ0) is 24.0. The molecule has 7 unspecified atom stereocenters. The Morgan fingerprint density at radius 2 is 1.94 bits per heavy atom. The minimum absolute atomic E-state index is 0.0384. The summed E-state index contributed by atoms with van der Waals surface area (Å²) in [6.45, 7) is 8.08. The number of hydrogen-bond acceptors (Lipinski definition) is 5. The molecule has 0 aromatic carbocycles. The SMILES string of the molecule is CCC1CCC2C3CCC(C(=O)Cn4cc(S(C)(=O)=O)cn4)C3(C)CCC2C1(CC)COC. The van der Waals surface area contributed by atoms with Crippen LogP contribution in [0.5, 0.6) is 0 Å². The van der Waals surface area contributed by atoms with Gasteiger partial charge in [0.15, 0.2) is 15.6 Å². The first-order valence-corrected chi connectivity index (χ1v) is 14.7. The molecule has 7 heteroatoms. The second-order valence-electron chi connectivity index (χ2n) is 11.4. The Morgan fingerprint density at radius 3 is 2.55 bits per heavy atom. The number of carbonyl (C=O) groups is 1. The Bertz CT molecular complexity index is 973. The van der Waals surface area contributed by atoms with E-state index in [4.69, 9.17) is 4.74 Å². The molecule has 3 fully saturated rings. The van der Waals surface area contributed by atoms with E-state index in [1.807, 2.05) is 7.11 Å². The summed E-state index contributed by atoms with van der Waals surface area (Å²) in [4.78, 5) is 13.6. The lowest BCUT2D eigenvalue weighted by molar-refractivity contribution is -0.143. The number of sulfone groups is 1. The lowest BCUT2D eigenvalue weighted by Crippen LogP contribution is -2.55. The highest BCUT2D eigenvalue weighted by molar-refractivity contribution is 7.90. The first-order valence-electron chi connectivity index (χ1n) is 12.8. The Hall–Kier alpha value is -1.21. The highest BCUT2D eigenvalue weighted by Gasteiger charge is 2.61. The zero-order valence-corrected chi connectivity index (χ0v) is 21.9. The quantitative estimate of drug-likeness (QED) is 0.537. The van der Waals surface area contributed by atoms with Crippen molar-refractivity contribution in [1.82, 2.24) is 9.78 Å². The summed E-state index contributed by atoms with van der Waals surface area (Å²) in [5.74, 6) is 2.95. The van der Waals surface area contributed by atoms with Crippen molar-refractivity contribution >= 4 is 15.6 Å². The van der Waals surface area contributed by atoms with Gasteiger partial charge in [-0.25, -0.2) is 8.42 Å². The normalized spacial score (nSPS) is 38.6. The zero-order valence-electron chi connectivity index (χ0n) is 21.0. The van der Waals surface area contributed by atoms with Crippen molar-refractivity contribution in [2.45, 2.75) is 83.6 Å². The highest BCUT2D eigenvalue weighted by Crippen LogP contribution is 2.66. The summed E-state index contributed by atoms with van der Waals surface area (Å²) < 4.78 is 30.9. The molecule has 1 aromatic heterocycles. The van der Waals surface area contributed by atoms with Crippen LogP contribution in [0, 0.1) is 40.4 Å². The third-order valence-electron chi connectivity index (χ3n) is 10.1. The summed E-state index contributed by atoms with van der Waals surface area (Å²) in [5.41, 5.74) is 0.309. The molecule has 0 radical (unpaired) electrons. The van der Waals surface area contributed by atoms with Crippen LogP contribution in [0.3, 0.4) is 0 Å². The van der Waals surface area contributed by atoms with Crippen molar-refractivity contribution in [3.8, 4) is 0 Å². The number of nitrogens with zero attached hydrogens (tertiary/aromatic N) is 2. The average Bonchev–Trinajstić information content (AvgIpc) is 3.38. The molecule has 33 heavy (non-hydrogen) atoms. The van der Waals surface area contributed by atoms with E-state index < -0.39 is 9.84 Å². The molecule has 186 valence electrons. The number of rotatable bonds is 8. The maximum absolute atomic E-state index is 13.4. The van der Waals surface area contributed by atoms with Gasteiger partial charge in [-0.1, -0.05) is 27.2 Å². The standard InChI is InChI=1S/C26H42N2O4S/c1-6-18-8-9-20-21-10-11-23(24(29)16-28-15-19(14-27-28)33(5,30)31)25(21,3)13-12-22(20)26(18,7-2)17-32-4/h14-15,18,20-23H,6-13,16-17H2,1-5H3. The lowest BCUT2D eigenvalue weighted by atomic mass is 9.45. The van der Waals surface area contributed by atoms with Crippen LogP contribution < -0.4 is 0 Å². The van der Waals surface area contributed by atoms with Gasteiger partial charge in [-0.15, -0.1) is 0 Å². The lowest BCUT2D eigenvalue weighted by Gasteiger charge is -2.59. The van der Waals surface area contributed by atoms with E-state index in [1.54, 1.807) is 0 Å². The number of fused-ring (bicyclic) bond motifs is 3. The molecule has 6 nitrogen and oxygen atoms in total. The molecule has 0 saturated heterocycles. The molecule has 0 amide bonds. The van der Waals surface area contributed by atoms with Crippen LogP contribution in [-0.2, 0) is 25.9 Å². The number of ketones is 1.